The summed E-state index contributed by atoms with van der Waals surface area (Å²) in [6, 6.07) is 14.4. The molecule has 4 heteroatoms. The van der Waals surface area contributed by atoms with Crippen LogP contribution in [-0.4, -0.2) is 16.2 Å². The Hall–Kier alpha value is -2.49. The molecule has 2 rings (SSSR count). The van der Waals surface area contributed by atoms with Gasteiger partial charge >= 0.3 is 5.97 Å². The minimum absolute atomic E-state index is 0.110. The molecule has 19 heavy (non-hydrogen) atoms. The summed E-state index contributed by atoms with van der Waals surface area (Å²) in [5.41, 5.74) is 1.32. The van der Waals surface area contributed by atoms with Crippen molar-refractivity contribution in [1.82, 2.24) is 0 Å². The Morgan fingerprint density at radius 2 is 1.79 bits per heavy atom. The number of phenolic OH excluding ortho intramolecular Hbond substituents is 1. The fourth-order valence-electron chi connectivity index (χ4n) is 1.73. The highest BCUT2D eigenvalue weighted by Gasteiger charge is 2.11. The molecule has 0 bridgehead atoms. The Morgan fingerprint density at radius 1 is 1.05 bits per heavy atom. The lowest BCUT2D eigenvalue weighted by atomic mass is 10.1. The Morgan fingerprint density at radius 3 is 2.47 bits per heavy atom. The molecule has 0 aliphatic carbocycles. The van der Waals surface area contributed by atoms with Crippen molar-refractivity contribution in [1.29, 1.82) is 0 Å². The zero-order valence-electron chi connectivity index (χ0n) is 10.2. The number of aromatic hydroxyl groups is 1. The van der Waals surface area contributed by atoms with Gasteiger partial charge in [-0.3, -0.25) is 4.79 Å². The maximum Gasteiger partial charge on any atom is 0.307 e. The molecule has 0 spiro atoms. The van der Waals surface area contributed by atoms with Gasteiger partial charge in [0.2, 0.25) is 0 Å². The van der Waals surface area contributed by atoms with E-state index in [0.29, 0.717) is 17.9 Å². The number of para-hydroxylation sites is 1. The van der Waals surface area contributed by atoms with Crippen molar-refractivity contribution in [2.24, 2.45) is 0 Å². The molecule has 0 aromatic heterocycles. The van der Waals surface area contributed by atoms with Crippen molar-refractivity contribution in [3.05, 3.63) is 59.7 Å². The van der Waals surface area contributed by atoms with Crippen LogP contribution < -0.4 is 4.74 Å². The fourth-order valence-corrected chi connectivity index (χ4v) is 1.73. The zero-order valence-corrected chi connectivity index (χ0v) is 10.2. The molecule has 2 aromatic carbocycles. The molecule has 0 heterocycles. The van der Waals surface area contributed by atoms with E-state index in [-0.39, 0.29) is 12.2 Å². The molecule has 0 saturated heterocycles. The van der Waals surface area contributed by atoms with E-state index in [2.05, 4.69) is 0 Å². The lowest BCUT2D eigenvalue weighted by Gasteiger charge is -2.10. The van der Waals surface area contributed by atoms with Gasteiger partial charge in [-0.05, 0) is 11.6 Å². The molecule has 0 aliphatic heterocycles. The van der Waals surface area contributed by atoms with Crippen LogP contribution in [0.15, 0.2) is 48.5 Å². The molecule has 0 amide bonds. The van der Waals surface area contributed by atoms with E-state index in [1.807, 2.05) is 30.3 Å². The fraction of sp³-hybridized carbons (Fsp3) is 0.133. The van der Waals surface area contributed by atoms with Gasteiger partial charge < -0.3 is 14.9 Å². The SMILES string of the molecule is O=C(O)Cc1cccc(OCc2ccccc2)c1O. The quantitative estimate of drug-likeness (QED) is 0.865. The highest BCUT2D eigenvalue weighted by atomic mass is 16.5. The van der Waals surface area contributed by atoms with Gasteiger partial charge in [0, 0.05) is 5.56 Å². The molecule has 4 nitrogen and oxygen atoms in total. The number of phenols is 1. The number of ether oxygens (including phenoxy) is 1. The molecule has 2 N–H and O–H groups in total. The zero-order chi connectivity index (χ0) is 13.7. The number of rotatable bonds is 5. The summed E-state index contributed by atoms with van der Waals surface area (Å²) in [6.45, 7) is 0.324. The Labute approximate surface area is 110 Å². The first-order valence-corrected chi connectivity index (χ1v) is 5.86. The molecule has 0 unspecified atom stereocenters. The van der Waals surface area contributed by atoms with Crippen molar-refractivity contribution in [3.63, 3.8) is 0 Å². The van der Waals surface area contributed by atoms with Crippen LogP contribution in [0.5, 0.6) is 11.5 Å². The average molecular weight is 258 g/mol. The van der Waals surface area contributed by atoms with Crippen LogP contribution in [0.3, 0.4) is 0 Å². The standard InChI is InChI=1S/C15H14O4/c16-14(17)9-12-7-4-8-13(15(12)18)19-10-11-5-2-1-3-6-11/h1-8,18H,9-10H2,(H,16,17). The van der Waals surface area contributed by atoms with E-state index in [0.717, 1.165) is 5.56 Å². The Kier molecular flexibility index (Phi) is 4.03. The number of hydrogen-bond donors (Lipinski definition) is 2. The van der Waals surface area contributed by atoms with Crippen molar-refractivity contribution in [2.75, 3.05) is 0 Å². The minimum atomic E-state index is -0.990. The number of benzene rings is 2. The van der Waals surface area contributed by atoms with E-state index < -0.39 is 5.97 Å². The largest absolute Gasteiger partial charge is 0.504 e. The third-order valence-electron chi connectivity index (χ3n) is 2.66. The molecule has 2 aromatic rings. The second kappa shape index (κ2) is 5.91. The number of hydrogen-bond acceptors (Lipinski definition) is 3. The molecule has 0 saturated carbocycles. The molecule has 0 fully saturated rings. The first-order chi connectivity index (χ1) is 9.16. The third kappa shape index (κ3) is 3.48. The van der Waals surface area contributed by atoms with Crippen LogP contribution in [0.25, 0.3) is 0 Å². The summed E-state index contributed by atoms with van der Waals surface area (Å²) in [6.07, 6.45) is -0.228. The van der Waals surface area contributed by atoms with E-state index >= 15 is 0 Å². The lowest BCUT2D eigenvalue weighted by molar-refractivity contribution is -0.136. The summed E-state index contributed by atoms with van der Waals surface area (Å²) in [4.78, 5) is 10.7. The Bertz CT molecular complexity index is 564. The number of aliphatic carboxylic acids is 1. The smallest absolute Gasteiger partial charge is 0.307 e. The van der Waals surface area contributed by atoms with Crippen LogP contribution >= 0.6 is 0 Å². The first kappa shape index (κ1) is 13.0. The van der Waals surface area contributed by atoms with E-state index in [1.54, 1.807) is 18.2 Å². The summed E-state index contributed by atoms with van der Waals surface area (Å²) in [5, 5.41) is 18.7. The second-order valence-corrected chi connectivity index (χ2v) is 4.11. The Balaban J connectivity index is 2.10. The van der Waals surface area contributed by atoms with E-state index in [4.69, 9.17) is 9.84 Å². The van der Waals surface area contributed by atoms with Gasteiger partial charge in [-0.25, -0.2) is 0 Å². The van der Waals surface area contributed by atoms with Gasteiger partial charge in [0.1, 0.15) is 6.61 Å². The van der Waals surface area contributed by atoms with Crippen LogP contribution in [0.4, 0.5) is 0 Å². The molecular formula is C15H14O4. The second-order valence-electron chi connectivity index (χ2n) is 4.11. The maximum absolute atomic E-state index is 10.7. The maximum atomic E-state index is 10.7. The van der Waals surface area contributed by atoms with Gasteiger partial charge in [-0.1, -0.05) is 42.5 Å². The average Bonchev–Trinajstić information content (AvgIpc) is 2.40. The summed E-state index contributed by atoms with van der Waals surface area (Å²) >= 11 is 0. The molecule has 0 atom stereocenters. The highest BCUT2D eigenvalue weighted by molar-refractivity contribution is 5.72. The van der Waals surface area contributed by atoms with Crippen molar-refractivity contribution >= 4 is 5.97 Å². The summed E-state index contributed by atoms with van der Waals surface area (Å²) in [7, 11) is 0. The minimum Gasteiger partial charge on any atom is -0.504 e. The molecule has 98 valence electrons. The van der Waals surface area contributed by atoms with Gasteiger partial charge in [-0.15, -0.1) is 0 Å². The predicted molar refractivity (Wildman–Crippen MR) is 70.2 cm³/mol. The van der Waals surface area contributed by atoms with Crippen molar-refractivity contribution in [3.8, 4) is 11.5 Å². The van der Waals surface area contributed by atoms with Crippen LogP contribution in [-0.2, 0) is 17.8 Å². The van der Waals surface area contributed by atoms with Crippen molar-refractivity contribution < 1.29 is 19.7 Å². The number of carboxylic acid groups (broad SMARTS) is 1. The van der Waals surface area contributed by atoms with Gasteiger partial charge in [-0.2, -0.15) is 0 Å². The van der Waals surface area contributed by atoms with E-state index in [1.165, 1.54) is 0 Å². The summed E-state index contributed by atoms with van der Waals surface area (Å²) < 4.78 is 5.50. The van der Waals surface area contributed by atoms with Crippen LogP contribution in [0.1, 0.15) is 11.1 Å². The van der Waals surface area contributed by atoms with Gasteiger partial charge in [0.15, 0.2) is 11.5 Å². The monoisotopic (exact) mass is 258 g/mol. The molecule has 0 radical (unpaired) electrons. The number of carboxylic acids is 1. The van der Waals surface area contributed by atoms with Gasteiger partial charge in [0.05, 0.1) is 6.42 Å². The topological polar surface area (TPSA) is 66.8 Å². The highest BCUT2D eigenvalue weighted by Crippen LogP contribution is 2.30. The van der Waals surface area contributed by atoms with Crippen molar-refractivity contribution in [2.45, 2.75) is 13.0 Å². The predicted octanol–water partition coefficient (Wildman–Crippen LogP) is 2.60. The van der Waals surface area contributed by atoms with E-state index in [9.17, 15) is 9.90 Å². The van der Waals surface area contributed by atoms with Gasteiger partial charge in [0.25, 0.3) is 0 Å². The number of carbonyl (C=O) groups is 1. The molecule has 0 aliphatic rings. The van der Waals surface area contributed by atoms with Crippen LogP contribution in [0, 0.1) is 0 Å². The summed E-state index contributed by atoms with van der Waals surface area (Å²) in [5.74, 6) is -0.807. The first-order valence-electron chi connectivity index (χ1n) is 5.86. The third-order valence-corrected chi connectivity index (χ3v) is 2.66. The molecular weight excluding hydrogens is 244 g/mol. The van der Waals surface area contributed by atoms with Crippen LogP contribution in [0.2, 0.25) is 0 Å². The normalized spacial score (nSPS) is 10.1. The lowest BCUT2D eigenvalue weighted by Crippen LogP contribution is -2.02.